The van der Waals surface area contributed by atoms with Gasteiger partial charge < -0.3 is 25.1 Å². The second-order valence-corrected chi connectivity index (χ2v) is 3.59. The number of carboxylic acid groups (broad SMARTS) is 1. The second-order valence-electron chi connectivity index (χ2n) is 3.59. The van der Waals surface area contributed by atoms with Crippen molar-refractivity contribution in [1.29, 1.82) is 0 Å². The molecule has 1 aromatic rings. The maximum atomic E-state index is 11.1. The van der Waals surface area contributed by atoms with Gasteiger partial charge in [0.2, 0.25) is 5.75 Å². The molecule has 1 unspecified atom stereocenters. The van der Waals surface area contributed by atoms with E-state index >= 15 is 0 Å². The summed E-state index contributed by atoms with van der Waals surface area (Å²) in [5.74, 6) is -0.562. The molecule has 18 heavy (non-hydrogen) atoms. The lowest BCUT2D eigenvalue weighted by Gasteiger charge is -2.16. The van der Waals surface area contributed by atoms with Gasteiger partial charge in [-0.15, -0.1) is 0 Å². The van der Waals surface area contributed by atoms with Crippen LogP contribution in [-0.4, -0.2) is 38.9 Å². The molecule has 0 aliphatic heterocycles. The normalized spacial score (nSPS) is 11.8. The molecule has 0 aliphatic rings. The smallest absolute Gasteiger partial charge is 0.312 e. The van der Waals surface area contributed by atoms with Gasteiger partial charge in [-0.25, -0.2) is 0 Å². The van der Waals surface area contributed by atoms with Crippen LogP contribution in [0.1, 0.15) is 11.5 Å². The van der Waals surface area contributed by atoms with Crippen LogP contribution in [0.5, 0.6) is 17.2 Å². The third kappa shape index (κ3) is 2.65. The largest absolute Gasteiger partial charge is 0.493 e. The van der Waals surface area contributed by atoms with E-state index in [2.05, 4.69) is 0 Å². The molecule has 0 fully saturated rings. The lowest BCUT2D eigenvalue weighted by Crippen LogP contribution is -2.21. The van der Waals surface area contributed by atoms with E-state index in [1.54, 1.807) is 12.1 Å². The molecule has 1 rings (SSSR count). The molecule has 100 valence electrons. The SMILES string of the molecule is COc1cc(C(CN)C(=O)O)cc(OC)c1OC. The van der Waals surface area contributed by atoms with Crippen LogP contribution in [-0.2, 0) is 4.79 Å². The summed E-state index contributed by atoms with van der Waals surface area (Å²) in [6, 6.07) is 3.18. The van der Waals surface area contributed by atoms with Crippen molar-refractivity contribution >= 4 is 5.97 Å². The summed E-state index contributed by atoms with van der Waals surface area (Å²) in [5.41, 5.74) is 5.98. The van der Waals surface area contributed by atoms with Gasteiger partial charge in [-0.3, -0.25) is 4.79 Å². The molecule has 0 bridgehead atoms. The summed E-state index contributed by atoms with van der Waals surface area (Å²) >= 11 is 0. The standard InChI is InChI=1S/C12H17NO5/c1-16-9-4-7(8(6-13)12(14)15)5-10(17-2)11(9)18-3/h4-5,8H,6,13H2,1-3H3,(H,14,15). The van der Waals surface area contributed by atoms with Crippen molar-refractivity contribution in [3.8, 4) is 17.2 Å². The topological polar surface area (TPSA) is 91.0 Å². The average Bonchev–Trinajstić information content (AvgIpc) is 2.37. The highest BCUT2D eigenvalue weighted by molar-refractivity contribution is 5.77. The molecule has 6 nitrogen and oxygen atoms in total. The van der Waals surface area contributed by atoms with Crippen molar-refractivity contribution in [3.63, 3.8) is 0 Å². The van der Waals surface area contributed by atoms with E-state index in [1.165, 1.54) is 21.3 Å². The van der Waals surface area contributed by atoms with Gasteiger partial charge in [-0.2, -0.15) is 0 Å². The zero-order chi connectivity index (χ0) is 13.7. The van der Waals surface area contributed by atoms with E-state index < -0.39 is 11.9 Å². The van der Waals surface area contributed by atoms with Crippen molar-refractivity contribution in [3.05, 3.63) is 17.7 Å². The molecular formula is C12H17NO5. The van der Waals surface area contributed by atoms with Gasteiger partial charge in [0.1, 0.15) is 0 Å². The predicted octanol–water partition coefficient (Wildman–Crippen LogP) is 0.839. The number of methoxy groups -OCH3 is 3. The van der Waals surface area contributed by atoms with Gasteiger partial charge in [0.05, 0.1) is 27.2 Å². The van der Waals surface area contributed by atoms with Crippen LogP contribution in [0.4, 0.5) is 0 Å². The Kier molecular flexibility index (Phi) is 4.79. The van der Waals surface area contributed by atoms with E-state index in [-0.39, 0.29) is 6.54 Å². The summed E-state index contributed by atoms with van der Waals surface area (Å²) in [4.78, 5) is 11.1. The van der Waals surface area contributed by atoms with E-state index in [9.17, 15) is 4.79 Å². The van der Waals surface area contributed by atoms with Crippen molar-refractivity contribution in [2.45, 2.75) is 5.92 Å². The Morgan fingerprint density at radius 3 is 2.00 bits per heavy atom. The van der Waals surface area contributed by atoms with Gasteiger partial charge in [-0.05, 0) is 17.7 Å². The van der Waals surface area contributed by atoms with Crippen LogP contribution in [0.25, 0.3) is 0 Å². The molecule has 3 N–H and O–H groups in total. The third-order valence-electron chi connectivity index (χ3n) is 2.62. The predicted molar refractivity (Wildman–Crippen MR) is 65.5 cm³/mol. The first kappa shape index (κ1) is 14.1. The monoisotopic (exact) mass is 255 g/mol. The summed E-state index contributed by atoms with van der Waals surface area (Å²) in [6.45, 7) is -0.00598. The molecule has 6 heteroatoms. The zero-order valence-corrected chi connectivity index (χ0v) is 10.6. The molecule has 1 aromatic carbocycles. The molecule has 1 atom stereocenters. The number of carbonyl (C=O) groups is 1. The van der Waals surface area contributed by atoms with Crippen LogP contribution in [0, 0.1) is 0 Å². The molecule has 0 aliphatic carbocycles. The van der Waals surface area contributed by atoms with Crippen molar-refractivity contribution in [1.82, 2.24) is 0 Å². The van der Waals surface area contributed by atoms with Crippen molar-refractivity contribution < 1.29 is 24.1 Å². The highest BCUT2D eigenvalue weighted by Crippen LogP contribution is 2.39. The minimum atomic E-state index is -0.994. The van der Waals surface area contributed by atoms with E-state index in [0.29, 0.717) is 22.8 Å². The number of hydrogen-bond acceptors (Lipinski definition) is 5. The number of carboxylic acids is 1. The highest BCUT2D eigenvalue weighted by Gasteiger charge is 2.22. The van der Waals surface area contributed by atoms with E-state index in [0.717, 1.165) is 0 Å². The van der Waals surface area contributed by atoms with Gasteiger partial charge in [0, 0.05) is 6.54 Å². The van der Waals surface area contributed by atoms with Crippen LogP contribution >= 0.6 is 0 Å². The molecule has 0 aromatic heterocycles. The lowest BCUT2D eigenvalue weighted by atomic mass is 9.98. The van der Waals surface area contributed by atoms with Crippen LogP contribution < -0.4 is 19.9 Å². The maximum Gasteiger partial charge on any atom is 0.312 e. The fraction of sp³-hybridized carbons (Fsp3) is 0.417. The Bertz CT molecular complexity index is 407. The van der Waals surface area contributed by atoms with Gasteiger partial charge in [-0.1, -0.05) is 0 Å². The fourth-order valence-electron chi connectivity index (χ4n) is 1.68. The Morgan fingerprint density at radius 1 is 1.22 bits per heavy atom. The Morgan fingerprint density at radius 2 is 1.72 bits per heavy atom. The summed E-state index contributed by atoms with van der Waals surface area (Å²) < 4.78 is 15.5. The second kappa shape index (κ2) is 6.11. The molecule has 0 spiro atoms. The Balaban J connectivity index is 3.34. The van der Waals surface area contributed by atoms with Gasteiger partial charge in [0.15, 0.2) is 11.5 Å². The molecule has 0 saturated carbocycles. The quantitative estimate of drug-likeness (QED) is 0.782. The van der Waals surface area contributed by atoms with E-state index in [4.69, 9.17) is 25.1 Å². The Hall–Kier alpha value is -1.95. The first-order chi connectivity index (χ1) is 8.58. The van der Waals surface area contributed by atoms with Crippen molar-refractivity contribution in [2.75, 3.05) is 27.9 Å². The van der Waals surface area contributed by atoms with Crippen LogP contribution in [0.3, 0.4) is 0 Å². The number of hydrogen-bond donors (Lipinski definition) is 2. The van der Waals surface area contributed by atoms with Crippen LogP contribution in [0.15, 0.2) is 12.1 Å². The molecular weight excluding hydrogens is 238 g/mol. The minimum absolute atomic E-state index is 0.00598. The molecule has 0 amide bonds. The number of aliphatic carboxylic acids is 1. The average molecular weight is 255 g/mol. The number of ether oxygens (including phenoxy) is 3. The number of rotatable bonds is 6. The molecule has 0 radical (unpaired) electrons. The van der Waals surface area contributed by atoms with Crippen molar-refractivity contribution in [2.24, 2.45) is 5.73 Å². The zero-order valence-electron chi connectivity index (χ0n) is 10.6. The molecule has 0 saturated heterocycles. The van der Waals surface area contributed by atoms with E-state index in [1.807, 2.05) is 0 Å². The lowest BCUT2D eigenvalue weighted by molar-refractivity contribution is -0.138. The minimum Gasteiger partial charge on any atom is -0.493 e. The summed E-state index contributed by atoms with van der Waals surface area (Å²) in [5, 5.41) is 9.09. The Labute approximate surface area is 105 Å². The number of nitrogens with two attached hydrogens (primary N) is 1. The van der Waals surface area contributed by atoms with Gasteiger partial charge >= 0.3 is 5.97 Å². The maximum absolute atomic E-state index is 11.1. The fourth-order valence-corrected chi connectivity index (χ4v) is 1.68. The first-order valence-corrected chi connectivity index (χ1v) is 5.31. The number of benzene rings is 1. The van der Waals surface area contributed by atoms with Gasteiger partial charge in [0.25, 0.3) is 0 Å². The highest BCUT2D eigenvalue weighted by atomic mass is 16.5. The summed E-state index contributed by atoms with van der Waals surface area (Å²) in [6.07, 6.45) is 0. The third-order valence-corrected chi connectivity index (χ3v) is 2.62. The molecule has 0 heterocycles. The van der Waals surface area contributed by atoms with Crippen LogP contribution in [0.2, 0.25) is 0 Å². The summed E-state index contributed by atoms with van der Waals surface area (Å²) in [7, 11) is 4.43. The first-order valence-electron chi connectivity index (χ1n) is 5.31.